The second kappa shape index (κ2) is 5.86. The van der Waals surface area contributed by atoms with Gasteiger partial charge in [0.1, 0.15) is 0 Å². The third-order valence-corrected chi connectivity index (χ3v) is 5.64. The molecule has 2 heterocycles. The van der Waals surface area contributed by atoms with Crippen molar-refractivity contribution >= 4 is 28.4 Å². The number of carbonyl (C=O) groups excluding carboxylic acids is 1. The van der Waals surface area contributed by atoms with Crippen molar-refractivity contribution in [1.29, 1.82) is 0 Å². The fourth-order valence-corrected chi connectivity index (χ4v) is 4.51. The third-order valence-electron chi connectivity index (χ3n) is 5.37. The largest absolute Gasteiger partial charge is 0.341 e. The molecule has 0 fully saturated rings. The normalized spacial score (nSPS) is 19.9. The minimum atomic E-state index is 0.267. The monoisotopic (exact) mass is 330 g/mol. The Labute approximate surface area is 142 Å². The van der Waals surface area contributed by atoms with E-state index in [-0.39, 0.29) is 11.9 Å². The lowest BCUT2D eigenvalue weighted by molar-refractivity contribution is -0.135. The first-order valence-electron chi connectivity index (χ1n) is 8.67. The second-order valence-electron chi connectivity index (χ2n) is 6.82. The van der Waals surface area contributed by atoms with Crippen LogP contribution in [-0.2, 0) is 17.8 Å². The number of fused-ring (bicyclic) bond motifs is 3. The summed E-state index contributed by atoms with van der Waals surface area (Å²) in [7, 11) is 0. The van der Waals surface area contributed by atoms with Crippen molar-refractivity contribution in [1.82, 2.24) is 9.47 Å². The summed E-state index contributed by atoms with van der Waals surface area (Å²) in [5.74, 6) is 0.839. The fraction of sp³-hybridized carbons (Fsp3) is 0.526. The molecule has 1 aromatic heterocycles. The molecule has 1 atom stereocenters. The van der Waals surface area contributed by atoms with E-state index in [0.717, 1.165) is 32.4 Å². The lowest BCUT2D eigenvalue weighted by Crippen LogP contribution is -2.43. The Morgan fingerprint density at radius 1 is 1.35 bits per heavy atom. The van der Waals surface area contributed by atoms with E-state index in [1.165, 1.54) is 34.1 Å². The molecule has 1 amide bonds. The third kappa shape index (κ3) is 2.37. The molecule has 0 N–H and O–H groups in total. The van der Waals surface area contributed by atoms with E-state index in [4.69, 9.17) is 11.6 Å². The second-order valence-corrected chi connectivity index (χ2v) is 7.20. The lowest BCUT2D eigenvalue weighted by atomic mass is 9.89. The zero-order chi connectivity index (χ0) is 16.0. The number of rotatable bonds is 3. The first-order chi connectivity index (χ1) is 11.2. The summed E-state index contributed by atoms with van der Waals surface area (Å²) in [5, 5.41) is 1.40. The summed E-state index contributed by atoms with van der Waals surface area (Å²) in [6, 6.07) is 7.04. The van der Waals surface area contributed by atoms with Gasteiger partial charge in [0.05, 0.1) is 6.04 Å². The van der Waals surface area contributed by atoms with Gasteiger partial charge in [-0.25, -0.2) is 0 Å². The molecular weight excluding hydrogens is 308 g/mol. The van der Waals surface area contributed by atoms with Crippen LogP contribution in [0.3, 0.4) is 0 Å². The predicted octanol–water partition coefficient (Wildman–Crippen LogP) is 4.19. The minimum Gasteiger partial charge on any atom is -0.341 e. The molecular formula is C19H23ClN2O. The maximum atomic E-state index is 12.6. The number of halogens is 1. The van der Waals surface area contributed by atoms with Crippen LogP contribution in [0.2, 0.25) is 0 Å². The molecule has 0 saturated carbocycles. The number of hydrogen-bond acceptors (Lipinski definition) is 1. The Balaban J connectivity index is 1.79. The zero-order valence-corrected chi connectivity index (χ0v) is 14.4. The van der Waals surface area contributed by atoms with E-state index in [2.05, 4.69) is 34.6 Å². The van der Waals surface area contributed by atoms with Gasteiger partial charge in [0.25, 0.3) is 0 Å². The van der Waals surface area contributed by atoms with Gasteiger partial charge in [-0.2, -0.15) is 0 Å². The van der Waals surface area contributed by atoms with Gasteiger partial charge in [0.15, 0.2) is 0 Å². The molecule has 0 spiro atoms. The van der Waals surface area contributed by atoms with Gasteiger partial charge in [-0.1, -0.05) is 11.6 Å². The van der Waals surface area contributed by atoms with Crippen LogP contribution in [0.25, 0.3) is 10.9 Å². The lowest BCUT2D eigenvalue weighted by Gasteiger charge is -2.40. The van der Waals surface area contributed by atoms with Gasteiger partial charge in [-0.15, -0.1) is 11.6 Å². The standard InChI is InChI=1S/C19H23ClN2O/c1-13-7-8-16-15(12-13)14-4-2-5-17-19(14)22(16)11-10-21(17)18(23)6-3-9-20/h7-8,12,17H,2-6,9-11H2,1H3. The molecule has 1 aliphatic heterocycles. The fourth-order valence-electron chi connectivity index (χ4n) is 4.38. The SMILES string of the molecule is Cc1ccc2c(c1)c1c3n2CCN(C(=O)CCCCl)C3CCC1. The molecule has 4 heteroatoms. The van der Waals surface area contributed by atoms with Crippen molar-refractivity contribution in [3.05, 3.63) is 35.0 Å². The highest BCUT2D eigenvalue weighted by molar-refractivity contribution is 6.17. The molecule has 1 aromatic carbocycles. The van der Waals surface area contributed by atoms with Crippen molar-refractivity contribution in [2.24, 2.45) is 0 Å². The van der Waals surface area contributed by atoms with Crippen LogP contribution < -0.4 is 0 Å². The van der Waals surface area contributed by atoms with Crippen LogP contribution in [0.5, 0.6) is 0 Å². The molecule has 3 nitrogen and oxygen atoms in total. The maximum absolute atomic E-state index is 12.6. The van der Waals surface area contributed by atoms with Crippen molar-refractivity contribution in [3.63, 3.8) is 0 Å². The number of aryl methyl sites for hydroxylation is 2. The molecule has 4 rings (SSSR count). The Kier molecular flexibility index (Phi) is 3.84. The van der Waals surface area contributed by atoms with Crippen LogP contribution >= 0.6 is 11.6 Å². The van der Waals surface area contributed by atoms with Crippen molar-refractivity contribution in [2.75, 3.05) is 12.4 Å². The number of amides is 1. The van der Waals surface area contributed by atoms with Gasteiger partial charge < -0.3 is 9.47 Å². The highest BCUT2D eigenvalue weighted by atomic mass is 35.5. The molecule has 122 valence electrons. The number of nitrogens with zero attached hydrogens (tertiary/aromatic N) is 2. The molecule has 1 aliphatic carbocycles. The zero-order valence-electron chi connectivity index (χ0n) is 13.6. The molecule has 23 heavy (non-hydrogen) atoms. The van der Waals surface area contributed by atoms with Crippen LogP contribution in [0.1, 0.15) is 48.5 Å². The van der Waals surface area contributed by atoms with Crippen molar-refractivity contribution < 1.29 is 4.79 Å². The number of hydrogen-bond donors (Lipinski definition) is 0. The average molecular weight is 331 g/mol. The van der Waals surface area contributed by atoms with E-state index in [0.29, 0.717) is 12.3 Å². The molecule has 1 unspecified atom stereocenters. The maximum Gasteiger partial charge on any atom is 0.223 e. The van der Waals surface area contributed by atoms with Gasteiger partial charge in [0, 0.05) is 42.0 Å². The number of alkyl halides is 1. The summed E-state index contributed by atoms with van der Waals surface area (Å²) in [5.41, 5.74) is 5.55. The van der Waals surface area contributed by atoms with Crippen LogP contribution in [0.15, 0.2) is 18.2 Å². The number of aromatic nitrogens is 1. The van der Waals surface area contributed by atoms with E-state index >= 15 is 0 Å². The van der Waals surface area contributed by atoms with Crippen LogP contribution in [-0.4, -0.2) is 27.8 Å². The predicted molar refractivity (Wildman–Crippen MR) is 94.0 cm³/mol. The summed E-state index contributed by atoms with van der Waals surface area (Å²) in [6.07, 6.45) is 4.76. The summed E-state index contributed by atoms with van der Waals surface area (Å²) in [6.45, 7) is 3.90. The average Bonchev–Trinajstić information content (AvgIpc) is 2.88. The molecule has 2 aromatic rings. The Morgan fingerprint density at radius 3 is 3.04 bits per heavy atom. The van der Waals surface area contributed by atoms with Crippen molar-refractivity contribution in [3.8, 4) is 0 Å². The van der Waals surface area contributed by atoms with Gasteiger partial charge >= 0.3 is 0 Å². The Hall–Kier alpha value is -1.48. The van der Waals surface area contributed by atoms with Crippen molar-refractivity contribution in [2.45, 2.75) is 51.6 Å². The minimum absolute atomic E-state index is 0.267. The highest BCUT2D eigenvalue weighted by Gasteiger charge is 2.36. The smallest absolute Gasteiger partial charge is 0.223 e. The summed E-state index contributed by atoms with van der Waals surface area (Å²) in [4.78, 5) is 14.7. The molecule has 0 bridgehead atoms. The number of carbonyl (C=O) groups is 1. The summed E-state index contributed by atoms with van der Waals surface area (Å²) < 4.78 is 2.47. The van der Waals surface area contributed by atoms with Gasteiger partial charge in [-0.3, -0.25) is 4.79 Å². The quantitative estimate of drug-likeness (QED) is 0.775. The van der Waals surface area contributed by atoms with E-state index in [1.54, 1.807) is 0 Å². The van der Waals surface area contributed by atoms with Crippen LogP contribution in [0, 0.1) is 6.92 Å². The van der Waals surface area contributed by atoms with Crippen LogP contribution in [0.4, 0.5) is 0 Å². The molecule has 2 aliphatic rings. The molecule has 0 saturated heterocycles. The molecule has 0 radical (unpaired) electrons. The topological polar surface area (TPSA) is 25.2 Å². The highest BCUT2D eigenvalue weighted by Crippen LogP contribution is 2.42. The first kappa shape index (κ1) is 15.1. The van der Waals surface area contributed by atoms with Gasteiger partial charge in [0.2, 0.25) is 5.91 Å². The Bertz CT molecular complexity index is 764. The van der Waals surface area contributed by atoms with E-state index < -0.39 is 0 Å². The first-order valence-corrected chi connectivity index (χ1v) is 9.21. The van der Waals surface area contributed by atoms with Gasteiger partial charge in [-0.05, 0) is 50.3 Å². The Morgan fingerprint density at radius 2 is 2.22 bits per heavy atom. The summed E-state index contributed by atoms with van der Waals surface area (Å²) >= 11 is 5.77. The van der Waals surface area contributed by atoms with E-state index in [9.17, 15) is 4.79 Å². The van der Waals surface area contributed by atoms with E-state index in [1.807, 2.05) is 0 Å². The number of benzene rings is 1.